The number of nitrogens with one attached hydrogen (secondary N) is 1. The summed E-state index contributed by atoms with van der Waals surface area (Å²) in [6.45, 7) is 18.9. The van der Waals surface area contributed by atoms with Crippen LogP contribution >= 0.6 is 0 Å². The molecule has 2 N–H and O–H groups in total. The number of hydrogen-bond acceptors (Lipinski definition) is 4. The van der Waals surface area contributed by atoms with Gasteiger partial charge >= 0.3 is 5.97 Å². The minimum atomic E-state index is -2.19. The monoisotopic (exact) mass is 447 g/mol. The van der Waals surface area contributed by atoms with E-state index < -0.39 is 28.7 Å². The van der Waals surface area contributed by atoms with Gasteiger partial charge in [-0.3, -0.25) is 0 Å². The van der Waals surface area contributed by atoms with Crippen molar-refractivity contribution >= 4 is 22.6 Å². The molecule has 1 atom stereocenters. The third-order valence-electron chi connectivity index (χ3n) is 6.34. The first-order chi connectivity index (χ1) is 13.4. The molecule has 0 aromatic heterocycles. The van der Waals surface area contributed by atoms with Gasteiger partial charge in [-0.05, 0) is 48.7 Å². The van der Waals surface area contributed by atoms with Crippen molar-refractivity contribution in [3.63, 3.8) is 0 Å². The molecule has 0 aliphatic carbocycles. The summed E-state index contributed by atoms with van der Waals surface area (Å²) in [4.78, 5) is 11.8. The van der Waals surface area contributed by atoms with E-state index in [-0.39, 0.29) is 0 Å². The minimum absolute atomic E-state index is 0.385. The quantitative estimate of drug-likeness (QED) is 0.211. The molecular weight excluding hydrogens is 398 g/mol. The van der Waals surface area contributed by atoms with Crippen LogP contribution in [0.5, 0.6) is 0 Å². The summed E-state index contributed by atoms with van der Waals surface area (Å²) in [5, 5.41) is 13.1. The fourth-order valence-corrected chi connectivity index (χ4v) is 11.3. The normalized spacial score (nSPS) is 14.2. The van der Waals surface area contributed by atoms with Crippen LogP contribution < -0.4 is 5.32 Å². The summed E-state index contributed by atoms with van der Waals surface area (Å²) in [6.07, 6.45) is 5.25. The first kappa shape index (κ1) is 28.8. The first-order valence-corrected chi connectivity index (χ1v) is 16.8. The number of carbonyl (C=O) groups is 1. The number of hydrogen-bond donors (Lipinski definition) is 2. The Bertz CT molecular complexity index is 434. The van der Waals surface area contributed by atoms with E-state index in [0.717, 1.165) is 13.0 Å². The third kappa shape index (κ3) is 10.1. The van der Waals surface area contributed by atoms with Crippen molar-refractivity contribution < 1.29 is 18.8 Å². The molecule has 0 spiro atoms. The Hall–Kier alpha value is -0.216. The lowest BCUT2D eigenvalue weighted by Crippen LogP contribution is -2.53. The molecule has 174 valence electrons. The Labute approximate surface area is 182 Å². The second-order valence-electron chi connectivity index (χ2n) is 9.95. The van der Waals surface area contributed by atoms with Crippen LogP contribution in [-0.2, 0) is 13.6 Å². The van der Waals surface area contributed by atoms with Crippen LogP contribution in [0, 0.1) is 0 Å². The van der Waals surface area contributed by atoms with Gasteiger partial charge in [0.2, 0.25) is 8.32 Å². The summed E-state index contributed by atoms with van der Waals surface area (Å²) in [5.41, 5.74) is 1.15. The van der Waals surface area contributed by atoms with Crippen molar-refractivity contribution in [3.8, 4) is 0 Å². The molecule has 0 fully saturated rings. The van der Waals surface area contributed by atoms with E-state index >= 15 is 0 Å². The van der Waals surface area contributed by atoms with Crippen LogP contribution in [0.4, 0.5) is 0 Å². The second-order valence-corrected chi connectivity index (χ2v) is 19.8. The van der Waals surface area contributed by atoms with Crippen molar-refractivity contribution in [3.05, 3.63) is 0 Å². The first-order valence-electron chi connectivity index (χ1n) is 11.6. The average molecular weight is 448 g/mol. The predicted molar refractivity (Wildman–Crippen MR) is 129 cm³/mol. The van der Waals surface area contributed by atoms with Crippen molar-refractivity contribution in [1.29, 1.82) is 0 Å². The molecule has 1 unspecified atom stereocenters. The van der Waals surface area contributed by atoms with E-state index in [2.05, 4.69) is 60.0 Å². The van der Waals surface area contributed by atoms with Gasteiger partial charge in [0, 0.05) is 13.7 Å². The molecule has 0 saturated heterocycles. The third-order valence-corrected chi connectivity index (χ3v) is 15.1. The topological polar surface area (TPSA) is 67.8 Å². The molecule has 0 radical (unpaired) electrons. The Morgan fingerprint density at radius 3 is 1.83 bits per heavy atom. The standard InChI is InChI=1S/C22H49NO4Si2/c1-18(2)29(19(3)4,20(5)6)27-21(22(24)25)17-23-15-13-11-10-12-14-16-28(8,9)26-7/h18-21,23H,10-17H2,1-9H3,(H,24,25). The maximum atomic E-state index is 11.8. The van der Waals surface area contributed by atoms with Crippen LogP contribution in [-0.4, -0.2) is 54.0 Å². The van der Waals surface area contributed by atoms with E-state index in [1.807, 2.05) is 7.11 Å². The molecule has 0 bridgehead atoms. The molecule has 5 nitrogen and oxygen atoms in total. The highest BCUT2D eigenvalue weighted by Gasteiger charge is 2.47. The molecule has 0 aromatic carbocycles. The molecule has 0 heterocycles. The Morgan fingerprint density at radius 1 is 0.897 bits per heavy atom. The van der Waals surface area contributed by atoms with Crippen LogP contribution in [0.1, 0.15) is 73.6 Å². The largest absolute Gasteiger partial charge is 0.479 e. The second kappa shape index (κ2) is 14.0. The smallest absolute Gasteiger partial charge is 0.332 e. The summed E-state index contributed by atoms with van der Waals surface area (Å²) >= 11 is 0. The predicted octanol–water partition coefficient (Wildman–Crippen LogP) is 6.02. The van der Waals surface area contributed by atoms with Crippen molar-refractivity contribution in [2.45, 2.75) is 116 Å². The zero-order valence-electron chi connectivity index (χ0n) is 20.6. The van der Waals surface area contributed by atoms with Gasteiger partial charge in [-0.2, -0.15) is 0 Å². The van der Waals surface area contributed by atoms with Crippen LogP contribution in [0.2, 0.25) is 35.8 Å². The lowest BCUT2D eigenvalue weighted by atomic mass is 10.1. The van der Waals surface area contributed by atoms with Gasteiger partial charge in [0.05, 0.1) is 0 Å². The number of unbranched alkanes of at least 4 members (excludes halogenated alkanes) is 4. The fourth-order valence-electron chi connectivity index (χ4n) is 4.50. The van der Waals surface area contributed by atoms with E-state index in [9.17, 15) is 9.90 Å². The summed E-state index contributed by atoms with van der Waals surface area (Å²) in [5.74, 6) is -0.846. The van der Waals surface area contributed by atoms with Crippen LogP contribution in [0.15, 0.2) is 0 Å². The zero-order valence-corrected chi connectivity index (χ0v) is 22.6. The summed E-state index contributed by atoms with van der Waals surface area (Å²) in [7, 11) is -1.76. The highest BCUT2D eigenvalue weighted by molar-refractivity contribution is 6.77. The maximum absolute atomic E-state index is 11.8. The van der Waals surface area contributed by atoms with Gasteiger partial charge in [-0.1, -0.05) is 67.2 Å². The fraction of sp³-hybridized carbons (Fsp3) is 0.955. The molecule has 0 saturated carbocycles. The van der Waals surface area contributed by atoms with E-state index in [0.29, 0.717) is 23.2 Å². The Balaban J connectivity index is 4.35. The van der Waals surface area contributed by atoms with Gasteiger partial charge in [0.15, 0.2) is 14.4 Å². The van der Waals surface area contributed by atoms with E-state index in [1.165, 1.54) is 31.7 Å². The van der Waals surface area contributed by atoms with Crippen LogP contribution in [0.25, 0.3) is 0 Å². The zero-order chi connectivity index (χ0) is 22.7. The summed E-state index contributed by atoms with van der Waals surface area (Å²) in [6, 6.07) is 1.23. The number of carboxylic acids is 1. The lowest BCUT2D eigenvalue weighted by Gasteiger charge is -2.43. The van der Waals surface area contributed by atoms with Gasteiger partial charge in [0.1, 0.15) is 0 Å². The molecule has 0 aromatic rings. The number of aliphatic carboxylic acids is 1. The van der Waals surface area contributed by atoms with Crippen molar-refractivity contribution in [2.24, 2.45) is 0 Å². The molecule has 0 aliphatic heterocycles. The SMILES string of the molecule is CO[Si](C)(C)CCCCCCCNCC(O[Si](C(C)C)(C(C)C)C(C)C)C(=O)O. The van der Waals surface area contributed by atoms with Crippen molar-refractivity contribution in [1.82, 2.24) is 5.32 Å². The van der Waals surface area contributed by atoms with E-state index in [4.69, 9.17) is 8.85 Å². The van der Waals surface area contributed by atoms with Gasteiger partial charge < -0.3 is 19.3 Å². The molecule has 7 heteroatoms. The molecule has 0 rings (SSSR count). The highest BCUT2D eigenvalue weighted by Crippen LogP contribution is 2.42. The molecular formula is C22H49NO4Si2. The molecule has 0 amide bonds. The Morgan fingerprint density at radius 2 is 1.38 bits per heavy atom. The van der Waals surface area contributed by atoms with Crippen molar-refractivity contribution in [2.75, 3.05) is 20.2 Å². The maximum Gasteiger partial charge on any atom is 0.332 e. The lowest BCUT2D eigenvalue weighted by molar-refractivity contribution is -0.145. The molecule has 0 aliphatic rings. The van der Waals surface area contributed by atoms with Gasteiger partial charge in [-0.25, -0.2) is 4.79 Å². The van der Waals surface area contributed by atoms with Crippen LogP contribution in [0.3, 0.4) is 0 Å². The molecule has 29 heavy (non-hydrogen) atoms. The number of rotatable bonds is 17. The highest BCUT2D eigenvalue weighted by atomic mass is 28.4. The number of carboxylic acid groups (broad SMARTS) is 1. The van der Waals surface area contributed by atoms with Gasteiger partial charge in [-0.15, -0.1) is 0 Å². The Kier molecular flexibility index (Phi) is 13.9. The minimum Gasteiger partial charge on any atom is -0.479 e. The average Bonchev–Trinajstić information content (AvgIpc) is 2.61. The van der Waals surface area contributed by atoms with Gasteiger partial charge in [0.25, 0.3) is 0 Å². The van der Waals surface area contributed by atoms with E-state index in [1.54, 1.807) is 0 Å². The summed E-state index contributed by atoms with van der Waals surface area (Å²) < 4.78 is 12.0.